The van der Waals surface area contributed by atoms with Crippen LogP contribution in [0.3, 0.4) is 0 Å². The molecule has 0 saturated heterocycles. The van der Waals surface area contributed by atoms with Crippen LogP contribution in [-0.2, 0) is 0 Å². The van der Waals surface area contributed by atoms with E-state index in [2.05, 4.69) is 46.9 Å². The Hall–Kier alpha value is -3.25. The first kappa shape index (κ1) is 18.5. The van der Waals surface area contributed by atoms with Gasteiger partial charge in [0.15, 0.2) is 0 Å². The molecule has 1 aliphatic heterocycles. The summed E-state index contributed by atoms with van der Waals surface area (Å²) in [6, 6.07) is 27.5. The van der Waals surface area contributed by atoms with Crippen LogP contribution in [0.1, 0.15) is 22.6 Å². The van der Waals surface area contributed by atoms with Gasteiger partial charge in [-0.1, -0.05) is 36.4 Å². The first-order valence-corrected chi connectivity index (χ1v) is 11.1. The zero-order valence-corrected chi connectivity index (χ0v) is 18.5. The molecule has 0 amide bonds. The minimum atomic E-state index is -0.0463. The summed E-state index contributed by atoms with van der Waals surface area (Å²) in [5.74, 6) is 2.10. The molecule has 1 aliphatic rings. The maximum Gasteiger partial charge on any atom is 0.132 e. The molecule has 4 heteroatoms. The van der Waals surface area contributed by atoms with E-state index in [0.717, 1.165) is 44.2 Å². The van der Waals surface area contributed by atoms with Crippen LogP contribution in [0.4, 0.5) is 0 Å². The number of phenols is 2. The third kappa shape index (κ3) is 2.93. The Kier molecular flexibility index (Phi) is 4.11. The summed E-state index contributed by atoms with van der Waals surface area (Å²) < 4.78 is 7.58. The molecule has 0 aliphatic carbocycles. The standard InChI is InChI=1S/C27H17IO3/c28-18-3-1-2-17(12-18)25-26-21-8-6-19(29)13-15(21)4-10-23(26)31-24-11-5-16-14-20(30)7-9-22(16)27(24)25/h1-14,25,29-30H. The number of halogens is 1. The Morgan fingerprint density at radius 3 is 1.77 bits per heavy atom. The van der Waals surface area contributed by atoms with Crippen LogP contribution in [0.15, 0.2) is 84.9 Å². The van der Waals surface area contributed by atoms with Gasteiger partial charge < -0.3 is 14.9 Å². The van der Waals surface area contributed by atoms with E-state index in [4.69, 9.17) is 4.74 Å². The number of benzene rings is 5. The number of fused-ring (bicyclic) bond motifs is 6. The molecule has 5 aromatic carbocycles. The number of aromatic hydroxyl groups is 2. The predicted octanol–water partition coefficient (Wildman–Crippen LogP) is 7.29. The van der Waals surface area contributed by atoms with Gasteiger partial charge in [0, 0.05) is 20.6 Å². The van der Waals surface area contributed by atoms with Gasteiger partial charge >= 0.3 is 0 Å². The Bertz CT molecular complexity index is 1410. The molecule has 0 radical (unpaired) electrons. The molecule has 3 nitrogen and oxygen atoms in total. The average molecular weight is 516 g/mol. The molecule has 0 unspecified atom stereocenters. The summed E-state index contributed by atoms with van der Waals surface area (Å²) in [5.41, 5.74) is 3.36. The molecule has 150 valence electrons. The van der Waals surface area contributed by atoms with Crippen molar-refractivity contribution in [3.05, 3.63) is 105 Å². The Morgan fingerprint density at radius 2 is 1.23 bits per heavy atom. The van der Waals surface area contributed by atoms with Crippen molar-refractivity contribution in [2.45, 2.75) is 5.92 Å². The van der Waals surface area contributed by atoms with Crippen molar-refractivity contribution in [1.82, 2.24) is 0 Å². The molecular formula is C27H17IO3. The highest BCUT2D eigenvalue weighted by Gasteiger charge is 2.32. The van der Waals surface area contributed by atoms with E-state index in [1.807, 2.05) is 36.4 Å². The van der Waals surface area contributed by atoms with Crippen LogP contribution in [-0.4, -0.2) is 10.2 Å². The van der Waals surface area contributed by atoms with Crippen molar-refractivity contribution in [3.63, 3.8) is 0 Å². The lowest BCUT2D eigenvalue weighted by atomic mass is 9.78. The zero-order valence-electron chi connectivity index (χ0n) is 16.3. The molecule has 5 aromatic rings. The second-order valence-electron chi connectivity index (χ2n) is 7.86. The molecule has 2 N–H and O–H groups in total. The summed E-state index contributed by atoms with van der Waals surface area (Å²) >= 11 is 2.35. The van der Waals surface area contributed by atoms with Gasteiger partial charge in [0.05, 0.1) is 0 Å². The fraction of sp³-hybridized carbons (Fsp3) is 0.0370. The Balaban J connectivity index is 1.75. The van der Waals surface area contributed by atoms with Crippen LogP contribution >= 0.6 is 22.6 Å². The summed E-state index contributed by atoms with van der Waals surface area (Å²) in [5, 5.41) is 24.1. The fourth-order valence-corrected chi connectivity index (χ4v) is 5.27. The van der Waals surface area contributed by atoms with Gasteiger partial charge in [-0.05, 0) is 98.2 Å². The molecular weight excluding hydrogens is 499 g/mol. The Labute approximate surface area is 192 Å². The van der Waals surface area contributed by atoms with Crippen LogP contribution < -0.4 is 4.74 Å². The summed E-state index contributed by atoms with van der Waals surface area (Å²) in [7, 11) is 0. The first-order chi connectivity index (χ1) is 15.1. The van der Waals surface area contributed by atoms with Crippen molar-refractivity contribution < 1.29 is 14.9 Å². The van der Waals surface area contributed by atoms with Crippen LogP contribution in [0, 0.1) is 3.57 Å². The molecule has 0 atom stereocenters. The van der Waals surface area contributed by atoms with Gasteiger partial charge in [0.1, 0.15) is 23.0 Å². The fourth-order valence-electron chi connectivity index (χ4n) is 4.70. The van der Waals surface area contributed by atoms with E-state index in [0.29, 0.717) is 0 Å². The maximum atomic E-state index is 10.0. The minimum Gasteiger partial charge on any atom is -0.508 e. The SMILES string of the molecule is Oc1ccc2c3c(ccc2c1)Oc1ccc2cc(O)ccc2c1C3c1cccc(I)c1. The van der Waals surface area contributed by atoms with E-state index >= 15 is 0 Å². The molecule has 6 rings (SSSR count). The lowest BCUT2D eigenvalue weighted by Crippen LogP contribution is -2.13. The molecule has 0 aromatic heterocycles. The van der Waals surface area contributed by atoms with Crippen molar-refractivity contribution in [1.29, 1.82) is 0 Å². The summed E-state index contributed by atoms with van der Waals surface area (Å²) in [6.07, 6.45) is 0. The molecule has 0 saturated carbocycles. The molecule has 0 bridgehead atoms. The van der Waals surface area contributed by atoms with Gasteiger partial charge in [0.25, 0.3) is 0 Å². The van der Waals surface area contributed by atoms with E-state index < -0.39 is 0 Å². The van der Waals surface area contributed by atoms with Crippen LogP contribution in [0.2, 0.25) is 0 Å². The molecule has 0 fully saturated rings. The normalized spacial score (nSPS) is 13.1. The Morgan fingerprint density at radius 1 is 0.645 bits per heavy atom. The van der Waals surface area contributed by atoms with Gasteiger partial charge in [-0.15, -0.1) is 0 Å². The third-order valence-electron chi connectivity index (χ3n) is 5.99. The lowest BCUT2D eigenvalue weighted by Gasteiger charge is -2.31. The van der Waals surface area contributed by atoms with Crippen LogP contribution in [0.25, 0.3) is 21.5 Å². The van der Waals surface area contributed by atoms with E-state index in [9.17, 15) is 10.2 Å². The lowest BCUT2D eigenvalue weighted by molar-refractivity contribution is 0.455. The second-order valence-corrected chi connectivity index (χ2v) is 9.10. The van der Waals surface area contributed by atoms with Gasteiger partial charge in [-0.25, -0.2) is 0 Å². The molecule has 31 heavy (non-hydrogen) atoms. The number of ether oxygens (including phenoxy) is 1. The van der Waals surface area contributed by atoms with Crippen molar-refractivity contribution in [2.75, 3.05) is 0 Å². The smallest absolute Gasteiger partial charge is 0.132 e. The molecule has 1 heterocycles. The summed E-state index contributed by atoms with van der Waals surface area (Å²) in [6.45, 7) is 0. The summed E-state index contributed by atoms with van der Waals surface area (Å²) in [4.78, 5) is 0. The highest BCUT2D eigenvalue weighted by Crippen LogP contribution is 2.52. The number of hydrogen-bond acceptors (Lipinski definition) is 3. The van der Waals surface area contributed by atoms with Crippen LogP contribution in [0.5, 0.6) is 23.0 Å². The number of rotatable bonds is 1. The maximum absolute atomic E-state index is 10.0. The van der Waals surface area contributed by atoms with E-state index in [-0.39, 0.29) is 17.4 Å². The average Bonchev–Trinajstić information content (AvgIpc) is 2.77. The highest BCUT2D eigenvalue weighted by atomic mass is 127. The van der Waals surface area contributed by atoms with Gasteiger partial charge in [0.2, 0.25) is 0 Å². The van der Waals surface area contributed by atoms with Crippen molar-refractivity contribution in [3.8, 4) is 23.0 Å². The predicted molar refractivity (Wildman–Crippen MR) is 131 cm³/mol. The van der Waals surface area contributed by atoms with Gasteiger partial charge in [-0.3, -0.25) is 0 Å². The number of phenolic OH excluding ortho intramolecular Hbond substituents is 2. The van der Waals surface area contributed by atoms with E-state index in [1.165, 1.54) is 9.13 Å². The van der Waals surface area contributed by atoms with E-state index in [1.54, 1.807) is 24.3 Å². The highest BCUT2D eigenvalue weighted by molar-refractivity contribution is 14.1. The number of hydrogen-bond donors (Lipinski definition) is 2. The monoisotopic (exact) mass is 516 g/mol. The molecule has 0 spiro atoms. The quantitative estimate of drug-likeness (QED) is 0.226. The minimum absolute atomic E-state index is 0.0463. The zero-order chi connectivity index (χ0) is 21.1. The van der Waals surface area contributed by atoms with Crippen molar-refractivity contribution >= 4 is 44.1 Å². The largest absolute Gasteiger partial charge is 0.508 e. The second kappa shape index (κ2) is 6.89. The third-order valence-corrected chi connectivity index (χ3v) is 6.66. The first-order valence-electron chi connectivity index (χ1n) is 10.0. The topological polar surface area (TPSA) is 49.7 Å². The van der Waals surface area contributed by atoms with Gasteiger partial charge in [-0.2, -0.15) is 0 Å². The van der Waals surface area contributed by atoms with Crippen molar-refractivity contribution in [2.24, 2.45) is 0 Å².